The van der Waals surface area contributed by atoms with Crippen LogP contribution in [0.3, 0.4) is 0 Å². The number of amides is 2. The first-order valence-corrected chi connectivity index (χ1v) is 11.7. The number of aromatic carboxylic acids is 1. The predicted octanol–water partition coefficient (Wildman–Crippen LogP) is 5.09. The van der Waals surface area contributed by atoms with Crippen LogP contribution in [0.5, 0.6) is 0 Å². The van der Waals surface area contributed by atoms with Crippen LogP contribution in [0.2, 0.25) is 0 Å². The largest absolute Gasteiger partial charge is 0.478 e. The van der Waals surface area contributed by atoms with E-state index in [1.807, 2.05) is 24.3 Å². The van der Waals surface area contributed by atoms with Gasteiger partial charge >= 0.3 is 12.1 Å². The summed E-state index contributed by atoms with van der Waals surface area (Å²) in [6.07, 6.45) is 1.13. The summed E-state index contributed by atoms with van der Waals surface area (Å²) in [5.74, 6) is -1.50. The molecule has 0 bridgehead atoms. The van der Waals surface area contributed by atoms with E-state index >= 15 is 0 Å². The molecule has 1 saturated carbocycles. The number of benzene rings is 3. The molecule has 3 N–H and O–H groups in total. The molecular formula is C28H26N2O5. The zero-order valence-corrected chi connectivity index (χ0v) is 19.3. The lowest BCUT2D eigenvalue weighted by atomic mass is 9.76. The Morgan fingerprint density at radius 3 is 2.14 bits per heavy atom. The molecule has 7 heteroatoms. The molecule has 0 aromatic heterocycles. The Bertz CT molecular complexity index is 1280. The van der Waals surface area contributed by atoms with Gasteiger partial charge in [0.15, 0.2) is 0 Å². The Labute approximate surface area is 203 Å². The van der Waals surface area contributed by atoms with Crippen molar-refractivity contribution >= 4 is 23.7 Å². The van der Waals surface area contributed by atoms with Gasteiger partial charge in [-0.15, -0.1) is 0 Å². The fourth-order valence-electron chi connectivity index (χ4n) is 5.01. The van der Waals surface area contributed by atoms with E-state index in [1.165, 1.54) is 6.07 Å². The van der Waals surface area contributed by atoms with Crippen LogP contribution < -0.4 is 10.6 Å². The average Bonchev–Trinajstić information content (AvgIpc) is 3.15. The second-order valence-electron chi connectivity index (χ2n) is 9.12. The first-order valence-electron chi connectivity index (χ1n) is 11.7. The number of rotatable bonds is 6. The molecule has 2 aliphatic carbocycles. The van der Waals surface area contributed by atoms with Gasteiger partial charge in [-0.25, -0.2) is 9.59 Å². The Balaban J connectivity index is 1.27. The molecule has 5 rings (SSSR count). The lowest BCUT2D eigenvalue weighted by molar-refractivity contribution is -0.125. The number of carboxylic acids is 1. The molecule has 0 aliphatic heterocycles. The minimum absolute atomic E-state index is 0.0688. The maximum absolute atomic E-state index is 13.1. The molecule has 3 aromatic carbocycles. The summed E-state index contributed by atoms with van der Waals surface area (Å²) >= 11 is 0. The van der Waals surface area contributed by atoms with Crippen molar-refractivity contribution in [1.82, 2.24) is 5.32 Å². The Morgan fingerprint density at radius 1 is 0.943 bits per heavy atom. The Hall–Kier alpha value is -4.13. The van der Waals surface area contributed by atoms with Crippen LogP contribution in [-0.2, 0) is 9.53 Å². The summed E-state index contributed by atoms with van der Waals surface area (Å²) in [7, 11) is 0. The molecule has 7 nitrogen and oxygen atoms in total. The van der Waals surface area contributed by atoms with Gasteiger partial charge < -0.3 is 20.5 Å². The van der Waals surface area contributed by atoms with Crippen molar-refractivity contribution in [2.45, 2.75) is 37.6 Å². The van der Waals surface area contributed by atoms with Gasteiger partial charge in [-0.05, 0) is 66.1 Å². The summed E-state index contributed by atoms with van der Waals surface area (Å²) in [6, 6.07) is 20.9. The van der Waals surface area contributed by atoms with E-state index in [2.05, 4.69) is 34.9 Å². The van der Waals surface area contributed by atoms with Crippen LogP contribution in [0.4, 0.5) is 10.5 Å². The number of carboxylic acid groups (broad SMARTS) is 1. The van der Waals surface area contributed by atoms with Gasteiger partial charge in [0.1, 0.15) is 12.1 Å². The normalized spacial score (nSPS) is 15.3. The smallest absolute Gasteiger partial charge is 0.408 e. The van der Waals surface area contributed by atoms with Crippen molar-refractivity contribution in [3.05, 3.63) is 89.0 Å². The molecule has 0 unspecified atom stereocenters. The van der Waals surface area contributed by atoms with Gasteiger partial charge in [0, 0.05) is 11.6 Å². The van der Waals surface area contributed by atoms with Gasteiger partial charge in [0.05, 0.1) is 5.56 Å². The van der Waals surface area contributed by atoms with Crippen molar-refractivity contribution in [2.24, 2.45) is 0 Å². The highest BCUT2D eigenvalue weighted by molar-refractivity contribution is 6.02. The zero-order valence-electron chi connectivity index (χ0n) is 19.3. The maximum Gasteiger partial charge on any atom is 0.408 e. The fourth-order valence-corrected chi connectivity index (χ4v) is 5.01. The number of hydrogen-bond donors (Lipinski definition) is 3. The Kier molecular flexibility index (Phi) is 5.76. The number of ether oxygens (including phenoxy) is 1. The van der Waals surface area contributed by atoms with E-state index < -0.39 is 17.6 Å². The molecule has 0 radical (unpaired) electrons. The zero-order chi connectivity index (χ0) is 24.6. The van der Waals surface area contributed by atoms with Crippen LogP contribution in [0.15, 0.2) is 66.7 Å². The summed E-state index contributed by atoms with van der Waals surface area (Å²) in [5, 5.41) is 14.9. The van der Waals surface area contributed by atoms with Gasteiger partial charge in [0.2, 0.25) is 5.91 Å². The van der Waals surface area contributed by atoms with Crippen LogP contribution >= 0.6 is 0 Å². The summed E-state index contributed by atoms with van der Waals surface area (Å²) < 4.78 is 5.64. The maximum atomic E-state index is 13.1. The molecule has 0 atom stereocenters. The Morgan fingerprint density at radius 2 is 1.57 bits per heavy atom. The van der Waals surface area contributed by atoms with Gasteiger partial charge in [-0.3, -0.25) is 4.79 Å². The summed E-state index contributed by atoms with van der Waals surface area (Å²) in [6.45, 7) is 1.81. The number of carbonyl (C=O) groups excluding carboxylic acids is 2. The minimum atomic E-state index is -1.08. The number of hydrogen-bond acceptors (Lipinski definition) is 4. The van der Waals surface area contributed by atoms with Crippen molar-refractivity contribution in [1.29, 1.82) is 0 Å². The number of fused-ring (bicyclic) bond motifs is 3. The summed E-state index contributed by atoms with van der Waals surface area (Å²) in [5.41, 5.74) is 4.44. The third-order valence-electron chi connectivity index (χ3n) is 7.14. The second-order valence-corrected chi connectivity index (χ2v) is 9.12. The molecular weight excluding hydrogens is 444 g/mol. The molecule has 0 saturated heterocycles. The van der Waals surface area contributed by atoms with Crippen molar-refractivity contribution < 1.29 is 24.2 Å². The molecule has 0 heterocycles. The number of anilines is 1. The van der Waals surface area contributed by atoms with Crippen LogP contribution in [0.1, 0.15) is 52.2 Å². The lowest BCUT2D eigenvalue weighted by Crippen LogP contribution is -2.61. The number of alkyl carbamates (subject to hydrolysis) is 1. The summed E-state index contributed by atoms with van der Waals surface area (Å²) in [4.78, 5) is 37.4. The minimum Gasteiger partial charge on any atom is -0.478 e. The van der Waals surface area contributed by atoms with Gasteiger partial charge in [-0.2, -0.15) is 0 Å². The highest BCUT2D eigenvalue weighted by atomic mass is 16.5. The third-order valence-corrected chi connectivity index (χ3v) is 7.14. The van der Waals surface area contributed by atoms with E-state index in [-0.39, 0.29) is 24.0 Å². The molecule has 1 fully saturated rings. The highest BCUT2D eigenvalue weighted by Crippen LogP contribution is 2.44. The van der Waals surface area contributed by atoms with E-state index in [0.29, 0.717) is 24.1 Å². The first-order chi connectivity index (χ1) is 16.9. The van der Waals surface area contributed by atoms with Crippen molar-refractivity contribution in [3.63, 3.8) is 0 Å². The molecule has 178 valence electrons. The number of nitrogens with one attached hydrogen (secondary N) is 2. The SMILES string of the molecule is Cc1c(NC(=O)C2(NC(=O)OCC3c4ccccc4-c4ccccc43)CCC2)cccc1C(=O)O. The van der Waals surface area contributed by atoms with Crippen LogP contribution in [-0.4, -0.2) is 35.2 Å². The van der Waals surface area contributed by atoms with E-state index in [0.717, 1.165) is 28.7 Å². The van der Waals surface area contributed by atoms with E-state index in [1.54, 1.807) is 19.1 Å². The predicted molar refractivity (Wildman–Crippen MR) is 132 cm³/mol. The first kappa shape index (κ1) is 22.7. The van der Waals surface area contributed by atoms with Gasteiger partial charge in [-0.1, -0.05) is 54.6 Å². The molecule has 35 heavy (non-hydrogen) atoms. The lowest BCUT2D eigenvalue weighted by Gasteiger charge is -2.40. The van der Waals surface area contributed by atoms with E-state index in [9.17, 15) is 19.5 Å². The number of carbonyl (C=O) groups is 3. The highest BCUT2D eigenvalue weighted by Gasteiger charge is 2.46. The van der Waals surface area contributed by atoms with Crippen molar-refractivity contribution in [2.75, 3.05) is 11.9 Å². The second kappa shape index (κ2) is 8.91. The van der Waals surface area contributed by atoms with Crippen molar-refractivity contribution in [3.8, 4) is 11.1 Å². The topological polar surface area (TPSA) is 105 Å². The van der Waals surface area contributed by atoms with Gasteiger partial charge in [0.25, 0.3) is 0 Å². The molecule has 0 spiro atoms. The standard InChI is InChI=1S/C28H26N2O5/c1-17-18(25(31)32)12-6-13-24(17)29-26(33)28(14-7-15-28)30-27(34)35-16-23-21-10-4-2-8-19(21)20-9-3-5-11-22(20)23/h2-6,8-13,23H,7,14-16H2,1H3,(H,29,33)(H,30,34)(H,31,32). The van der Waals surface area contributed by atoms with Crippen LogP contribution in [0, 0.1) is 6.92 Å². The average molecular weight is 471 g/mol. The fraction of sp³-hybridized carbons (Fsp3) is 0.250. The third kappa shape index (κ3) is 4.03. The monoisotopic (exact) mass is 470 g/mol. The quantitative estimate of drug-likeness (QED) is 0.465. The molecule has 2 aliphatic rings. The molecule has 2 amide bonds. The van der Waals surface area contributed by atoms with Crippen LogP contribution in [0.25, 0.3) is 11.1 Å². The van der Waals surface area contributed by atoms with E-state index in [4.69, 9.17) is 4.74 Å². The molecule has 3 aromatic rings.